The zero-order valence-electron chi connectivity index (χ0n) is 17.2. The molecule has 0 spiro atoms. The summed E-state index contributed by atoms with van der Waals surface area (Å²) >= 11 is 0. The molecule has 152 valence electrons. The minimum absolute atomic E-state index is 0.117. The lowest BCUT2D eigenvalue weighted by Gasteiger charge is -2.34. The summed E-state index contributed by atoms with van der Waals surface area (Å²) in [6, 6.07) is 6.07. The molecular formula is C22H30FN3O2. The van der Waals surface area contributed by atoms with Gasteiger partial charge in [-0.15, -0.1) is 0 Å². The van der Waals surface area contributed by atoms with Crippen LogP contribution in [0.5, 0.6) is 5.75 Å². The number of hydrogen-bond acceptors (Lipinski definition) is 3. The van der Waals surface area contributed by atoms with Gasteiger partial charge in [-0.2, -0.15) is 5.10 Å². The molecule has 2 aromatic rings. The Morgan fingerprint density at radius 3 is 2.64 bits per heavy atom. The Kier molecular flexibility index (Phi) is 6.37. The van der Waals surface area contributed by atoms with Crippen molar-refractivity contribution in [3.63, 3.8) is 0 Å². The highest BCUT2D eigenvalue weighted by Crippen LogP contribution is 2.21. The van der Waals surface area contributed by atoms with Crippen LogP contribution in [0.15, 0.2) is 24.3 Å². The Bertz CT molecular complexity index is 816. The van der Waals surface area contributed by atoms with Crippen molar-refractivity contribution in [3.05, 3.63) is 47.0 Å². The topological polar surface area (TPSA) is 47.4 Å². The van der Waals surface area contributed by atoms with Crippen LogP contribution in [-0.4, -0.2) is 40.3 Å². The number of hydrogen-bond donors (Lipinski definition) is 0. The molecule has 1 aromatic heterocycles. The fraction of sp³-hybridized carbons (Fsp3) is 0.545. The van der Waals surface area contributed by atoms with Crippen LogP contribution in [0.25, 0.3) is 0 Å². The minimum Gasteiger partial charge on any atom is -0.493 e. The lowest BCUT2D eigenvalue weighted by atomic mass is 9.97. The summed E-state index contributed by atoms with van der Waals surface area (Å²) in [6.45, 7) is 10.8. The Morgan fingerprint density at radius 1 is 1.29 bits per heavy atom. The van der Waals surface area contributed by atoms with E-state index in [1.165, 1.54) is 17.7 Å². The van der Waals surface area contributed by atoms with Gasteiger partial charge in [0.25, 0.3) is 0 Å². The van der Waals surface area contributed by atoms with Crippen LogP contribution >= 0.6 is 0 Å². The van der Waals surface area contributed by atoms with Crippen molar-refractivity contribution in [2.24, 2.45) is 11.8 Å². The molecule has 1 fully saturated rings. The fourth-order valence-electron chi connectivity index (χ4n) is 3.76. The van der Waals surface area contributed by atoms with Crippen LogP contribution in [-0.2, 0) is 11.3 Å². The normalized spacial score (nSPS) is 18.2. The van der Waals surface area contributed by atoms with Crippen LogP contribution in [0.2, 0.25) is 0 Å². The second-order valence-electron chi connectivity index (χ2n) is 7.94. The van der Waals surface area contributed by atoms with Gasteiger partial charge in [-0.1, -0.05) is 6.92 Å². The molecule has 0 radical (unpaired) electrons. The lowest BCUT2D eigenvalue weighted by molar-refractivity contribution is -0.137. The van der Waals surface area contributed by atoms with E-state index in [9.17, 15) is 9.18 Å². The van der Waals surface area contributed by atoms with E-state index in [2.05, 4.69) is 18.9 Å². The van der Waals surface area contributed by atoms with Crippen molar-refractivity contribution in [2.75, 3.05) is 19.7 Å². The highest BCUT2D eigenvalue weighted by atomic mass is 19.1. The molecule has 1 aliphatic heterocycles. The van der Waals surface area contributed by atoms with Gasteiger partial charge in [0.1, 0.15) is 11.6 Å². The maximum absolute atomic E-state index is 13.0. The number of halogens is 1. The van der Waals surface area contributed by atoms with Crippen LogP contribution in [0.3, 0.4) is 0 Å². The van der Waals surface area contributed by atoms with E-state index >= 15 is 0 Å². The fourth-order valence-corrected chi connectivity index (χ4v) is 3.76. The first kappa shape index (κ1) is 20.4. The van der Waals surface area contributed by atoms with E-state index in [4.69, 9.17) is 4.74 Å². The Morgan fingerprint density at radius 2 is 2.00 bits per heavy atom. The summed E-state index contributed by atoms with van der Waals surface area (Å²) in [5.74, 6) is 0.753. The Hall–Kier alpha value is -2.37. The van der Waals surface area contributed by atoms with Crippen LogP contribution in [0.1, 0.15) is 36.7 Å². The summed E-state index contributed by atoms with van der Waals surface area (Å²) < 4.78 is 20.7. The Labute approximate surface area is 166 Å². The summed E-state index contributed by atoms with van der Waals surface area (Å²) in [6.07, 6.45) is 2.02. The molecule has 1 aliphatic rings. The number of aryl methyl sites for hydroxylation is 1. The van der Waals surface area contributed by atoms with Crippen molar-refractivity contribution in [2.45, 2.75) is 47.1 Å². The number of amides is 1. The lowest BCUT2D eigenvalue weighted by Crippen LogP contribution is -2.44. The number of carbonyl (C=O) groups excluding carboxylic acids is 1. The van der Waals surface area contributed by atoms with Gasteiger partial charge in [0.2, 0.25) is 5.91 Å². The highest BCUT2D eigenvalue weighted by molar-refractivity contribution is 5.78. The van der Waals surface area contributed by atoms with E-state index in [0.717, 1.165) is 30.8 Å². The predicted molar refractivity (Wildman–Crippen MR) is 107 cm³/mol. The molecule has 0 saturated carbocycles. The molecule has 2 heterocycles. The summed E-state index contributed by atoms with van der Waals surface area (Å²) in [5.41, 5.74) is 3.34. The molecule has 2 unspecified atom stereocenters. The third kappa shape index (κ3) is 4.72. The zero-order chi connectivity index (χ0) is 20.3. The van der Waals surface area contributed by atoms with Crippen LogP contribution < -0.4 is 4.74 Å². The monoisotopic (exact) mass is 387 g/mol. The molecule has 2 atom stereocenters. The number of nitrogens with zero attached hydrogens (tertiary/aromatic N) is 3. The number of likely N-dealkylation sites (tertiary alicyclic amines) is 1. The smallest absolute Gasteiger partial charge is 0.227 e. The van der Waals surface area contributed by atoms with Gasteiger partial charge in [0.05, 0.1) is 24.8 Å². The summed E-state index contributed by atoms with van der Waals surface area (Å²) in [4.78, 5) is 14.9. The second-order valence-corrected chi connectivity index (χ2v) is 7.94. The number of ether oxygens (including phenoxy) is 1. The van der Waals surface area contributed by atoms with Gasteiger partial charge in [0.15, 0.2) is 0 Å². The van der Waals surface area contributed by atoms with Gasteiger partial charge < -0.3 is 9.64 Å². The molecule has 28 heavy (non-hydrogen) atoms. The van der Waals surface area contributed by atoms with Crippen LogP contribution in [0.4, 0.5) is 4.39 Å². The number of carbonyl (C=O) groups is 1. The minimum atomic E-state index is -0.270. The van der Waals surface area contributed by atoms with E-state index in [-0.39, 0.29) is 17.6 Å². The largest absolute Gasteiger partial charge is 0.493 e. The predicted octanol–water partition coefficient (Wildman–Crippen LogP) is 3.90. The molecule has 6 heteroatoms. The van der Waals surface area contributed by atoms with Gasteiger partial charge in [-0.3, -0.25) is 9.48 Å². The SMILES string of the molecule is Cc1nn(CC(C)C(=O)N2CCCC(COc3ccc(F)cc3)C2)c(C)c1C. The van der Waals surface area contributed by atoms with Gasteiger partial charge in [0, 0.05) is 24.7 Å². The Balaban J connectivity index is 1.54. The van der Waals surface area contributed by atoms with E-state index in [1.54, 1.807) is 12.1 Å². The maximum atomic E-state index is 13.0. The molecular weight excluding hydrogens is 357 g/mol. The number of benzene rings is 1. The average Bonchev–Trinajstić information content (AvgIpc) is 2.93. The van der Waals surface area contributed by atoms with E-state index in [0.29, 0.717) is 31.4 Å². The van der Waals surface area contributed by atoms with Crippen molar-refractivity contribution in [3.8, 4) is 5.75 Å². The maximum Gasteiger partial charge on any atom is 0.227 e. The van der Waals surface area contributed by atoms with Gasteiger partial charge in [-0.25, -0.2) is 4.39 Å². The van der Waals surface area contributed by atoms with E-state index in [1.807, 2.05) is 23.4 Å². The molecule has 1 aromatic carbocycles. The van der Waals surface area contributed by atoms with Gasteiger partial charge >= 0.3 is 0 Å². The van der Waals surface area contributed by atoms with E-state index < -0.39 is 0 Å². The molecule has 0 aliphatic carbocycles. The molecule has 1 amide bonds. The van der Waals surface area contributed by atoms with Crippen molar-refractivity contribution in [1.29, 1.82) is 0 Å². The second kappa shape index (κ2) is 8.76. The van der Waals surface area contributed by atoms with Crippen LogP contribution in [0, 0.1) is 38.4 Å². The zero-order valence-corrected chi connectivity index (χ0v) is 17.2. The number of piperidine rings is 1. The average molecular weight is 387 g/mol. The van der Waals surface area contributed by atoms with Crippen molar-refractivity contribution >= 4 is 5.91 Å². The molecule has 3 rings (SSSR count). The number of rotatable bonds is 6. The first-order valence-electron chi connectivity index (χ1n) is 10.0. The molecule has 5 nitrogen and oxygen atoms in total. The summed E-state index contributed by atoms with van der Waals surface area (Å²) in [7, 11) is 0. The first-order chi connectivity index (χ1) is 13.3. The van der Waals surface area contributed by atoms with Gasteiger partial charge in [-0.05, 0) is 63.4 Å². The quantitative estimate of drug-likeness (QED) is 0.755. The third-order valence-electron chi connectivity index (χ3n) is 5.74. The molecule has 1 saturated heterocycles. The molecule has 0 bridgehead atoms. The van der Waals surface area contributed by atoms with Crippen molar-refractivity contribution < 1.29 is 13.9 Å². The number of aromatic nitrogens is 2. The molecule has 0 N–H and O–H groups in total. The third-order valence-corrected chi connectivity index (χ3v) is 5.74. The summed E-state index contributed by atoms with van der Waals surface area (Å²) in [5, 5.41) is 4.56. The highest BCUT2D eigenvalue weighted by Gasteiger charge is 2.28. The first-order valence-corrected chi connectivity index (χ1v) is 10.0. The standard InChI is InChI=1S/C22H30FN3O2/c1-15(12-26-18(4)16(2)17(3)24-26)22(27)25-11-5-6-19(13-25)14-28-21-9-7-20(23)8-10-21/h7-10,15,19H,5-6,11-14H2,1-4H3. The van der Waals surface area contributed by atoms with Crippen molar-refractivity contribution in [1.82, 2.24) is 14.7 Å².